The normalized spacial score (nSPS) is 11.6. The van der Waals surface area contributed by atoms with E-state index in [1.807, 2.05) is 32.0 Å². The van der Waals surface area contributed by atoms with E-state index in [0.717, 1.165) is 5.39 Å². The molecule has 3 aromatic rings. The van der Waals surface area contributed by atoms with Crippen LogP contribution in [0.2, 0.25) is 0 Å². The third-order valence-corrected chi connectivity index (χ3v) is 4.98. The van der Waals surface area contributed by atoms with Crippen molar-refractivity contribution in [1.29, 1.82) is 0 Å². The molecule has 0 aliphatic rings. The maximum atomic E-state index is 12.8. The molecule has 2 aromatic carbocycles. The van der Waals surface area contributed by atoms with Crippen molar-refractivity contribution in [2.75, 3.05) is 4.72 Å². The van der Waals surface area contributed by atoms with Gasteiger partial charge in [-0.1, -0.05) is 36.4 Å². The molecule has 0 saturated carbocycles. The van der Waals surface area contributed by atoms with E-state index in [-0.39, 0.29) is 22.3 Å². The zero-order valence-electron chi connectivity index (χ0n) is 13.8. The molecule has 1 aromatic heterocycles. The molecule has 0 aliphatic heterocycles. The van der Waals surface area contributed by atoms with Gasteiger partial charge in [0.25, 0.3) is 15.9 Å². The fourth-order valence-electron chi connectivity index (χ4n) is 2.50. The number of nitrogens with one attached hydrogen (secondary N) is 3. The monoisotopic (exact) mass is 358 g/mol. The summed E-state index contributed by atoms with van der Waals surface area (Å²) in [5.74, 6) is -0.452. The van der Waals surface area contributed by atoms with Crippen LogP contribution < -0.4 is 10.0 Å². The van der Waals surface area contributed by atoms with E-state index in [1.54, 1.807) is 18.2 Å². The highest BCUT2D eigenvalue weighted by atomic mass is 32.2. The van der Waals surface area contributed by atoms with Gasteiger partial charge in [0.05, 0.1) is 10.6 Å². The molecule has 0 fully saturated rings. The number of anilines is 1. The Bertz CT molecular complexity index is 1020. The average Bonchev–Trinajstić information content (AvgIpc) is 3.01. The van der Waals surface area contributed by atoms with Crippen LogP contribution in [0.25, 0.3) is 10.8 Å². The number of amides is 1. The Hall–Kier alpha value is -2.87. The first kappa shape index (κ1) is 17.0. The predicted molar refractivity (Wildman–Crippen MR) is 95.9 cm³/mol. The number of hydrogen-bond acceptors (Lipinski definition) is 4. The first-order valence-electron chi connectivity index (χ1n) is 7.74. The van der Waals surface area contributed by atoms with Gasteiger partial charge < -0.3 is 5.32 Å². The van der Waals surface area contributed by atoms with E-state index < -0.39 is 15.9 Å². The Morgan fingerprint density at radius 2 is 1.84 bits per heavy atom. The average molecular weight is 358 g/mol. The molecule has 3 rings (SSSR count). The molecular formula is C17H18N4O3S. The fourth-order valence-corrected chi connectivity index (χ4v) is 3.79. The van der Waals surface area contributed by atoms with Gasteiger partial charge in [-0.05, 0) is 25.3 Å². The van der Waals surface area contributed by atoms with Crippen molar-refractivity contribution >= 4 is 32.4 Å². The molecule has 1 heterocycles. The van der Waals surface area contributed by atoms with Crippen molar-refractivity contribution in [2.24, 2.45) is 0 Å². The number of fused-ring (bicyclic) bond motifs is 1. The van der Waals surface area contributed by atoms with Crippen molar-refractivity contribution in [2.45, 2.75) is 24.8 Å². The third kappa shape index (κ3) is 3.48. The van der Waals surface area contributed by atoms with Crippen molar-refractivity contribution in [3.63, 3.8) is 0 Å². The molecule has 3 N–H and O–H groups in total. The lowest BCUT2D eigenvalue weighted by Gasteiger charge is -2.11. The zero-order chi connectivity index (χ0) is 18.0. The lowest BCUT2D eigenvalue weighted by atomic mass is 10.1. The summed E-state index contributed by atoms with van der Waals surface area (Å²) < 4.78 is 28.1. The molecule has 0 aliphatic carbocycles. The molecule has 0 spiro atoms. The van der Waals surface area contributed by atoms with E-state index in [9.17, 15) is 13.2 Å². The minimum atomic E-state index is -3.88. The van der Waals surface area contributed by atoms with Gasteiger partial charge in [-0.15, -0.1) is 0 Å². The molecule has 0 atom stereocenters. The van der Waals surface area contributed by atoms with Crippen molar-refractivity contribution < 1.29 is 13.2 Å². The number of H-pyrrole nitrogens is 1. The standard InChI is InChI=1S/C17H18N4O3S/c1-11(2)19-17(22)16-14(10-18-20-16)21-25(23,24)15-9-5-7-12-6-3-4-8-13(12)15/h3-11,21H,1-2H3,(H,18,20)(H,19,22). The molecule has 0 bridgehead atoms. The van der Waals surface area contributed by atoms with E-state index in [1.165, 1.54) is 12.3 Å². The van der Waals surface area contributed by atoms with Crippen LogP contribution in [0, 0.1) is 0 Å². The minimum absolute atomic E-state index is 0.00230. The van der Waals surface area contributed by atoms with Gasteiger partial charge in [-0.25, -0.2) is 8.42 Å². The first-order chi connectivity index (χ1) is 11.9. The van der Waals surface area contributed by atoms with Crippen LogP contribution in [0.15, 0.2) is 53.6 Å². The Morgan fingerprint density at radius 1 is 1.12 bits per heavy atom. The van der Waals surface area contributed by atoms with E-state index >= 15 is 0 Å². The summed E-state index contributed by atoms with van der Waals surface area (Å²) >= 11 is 0. The summed E-state index contributed by atoms with van der Waals surface area (Å²) in [6, 6.07) is 12.2. The van der Waals surface area contributed by atoms with Crippen LogP contribution in [-0.2, 0) is 10.0 Å². The second kappa shape index (κ2) is 6.56. The van der Waals surface area contributed by atoms with Crippen LogP contribution in [0.5, 0.6) is 0 Å². The number of rotatable bonds is 5. The van der Waals surface area contributed by atoms with Gasteiger partial charge >= 0.3 is 0 Å². The molecule has 8 heteroatoms. The van der Waals surface area contributed by atoms with Crippen LogP contribution in [0.3, 0.4) is 0 Å². The van der Waals surface area contributed by atoms with Crippen LogP contribution in [0.4, 0.5) is 5.69 Å². The van der Waals surface area contributed by atoms with Crippen LogP contribution >= 0.6 is 0 Å². The van der Waals surface area contributed by atoms with Gasteiger partial charge in [0, 0.05) is 17.6 Å². The maximum absolute atomic E-state index is 12.8. The van der Waals surface area contributed by atoms with E-state index in [2.05, 4.69) is 20.2 Å². The number of carbonyl (C=O) groups excluding carboxylic acids is 1. The number of aromatic amines is 1. The number of benzene rings is 2. The molecule has 1 amide bonds. The second-order valence-electron chi connectivity index (χ2n) is 5.86. The molecule has 0 saturated heterocycles. The summed E-state index contributed by atoms with van der Waals surface area (Å²) in [4.78, 5) is 12.3. The molecule has 130 valence electrons. The van der Waals surface area contributed by atoms with Gasteiger partial charge in [-0.2, -0.15) is 5.10 Å². The van der Waals surface area contributed by atoms with Crippen molar-refractivity contribution in [1.82, 2.24) is 15.5 Å². The minimum Gasteiger partial charge on any atom is -0.348 e. The second-order valence-corrected chi connectivity index (χ2v) is 7.51. The molecule has 0 unspecified atom stereocenters. The van der Waals surface area contributed by atoms with Gasteiger partial charge in [0.15, 0.2) is 5.69 Å². The fraction of sp³-hybridized carbons (Fsp3) is 0.176. The third-order valence-electron chi connectivity index (χ3n) is 3.56. The molecular weight excluding hydrogens is 340 g/mol. The van der Waals surface area contributed by atoms with Gasteiger partial charge in [0.2, 0.25) is 0 Å². The number of carbonyl (C=O) groups is 1. The smallest absolute Gasteiger partial charge is 0.274 e. The van der Waals surface area contributed by atoms with Crippen molar-refractivity contribution in [3.8, 4) is 0 Å². The summed E-state index contributed by atoms with van der Waals surface area (Å²) in [5.41, 5.74) is 0.101. The predicted octanol–water partition coefficient (Wildman–Crippen LogP) is 2.50. The number of sulfonamides is 1. The van der Waals surface area contributed by atoms with Crippen LogP contribution in [0.1, 0.15) is 24.3 Å². The van der Waals surface area contributed by atoms with E-state index in [0.29, 0.717) is 5.39 Å². The van der Waals surface area contributed by atoms with Crippen molar-refractivity contribution in [3.05, 3.63) is 54.4 Å². The highest BCUT2D eigenvalue weighted by Crippen LogP contribution is 2.25. The Labute approximate surface area is 145 Å². The SMILES string of the molecule is CC(C)NC(=O)c1n[nH]cc1NS(=O)(=O)c1cccc2ccccc12. The Balaban J connectivity index is 1.98. The molecule has 0 radical (unpaired) electrons. The molecule has 7 nitrogen and oxygen atoms in total. The summed E-state index contributed by atoms with van der Waals surface area (Å²) in [5, 5.41) is 10.5. The number of aromatic nitrogens is 2. The highest BCUT2D eigenvalue weighted by Gasteiger charge is 2.22. The number of hydrogen-bond donors (Lipinski definition) is 3. The van der Waals surface area contributed by atoms with Crippen LogP contribution in [-0.4, -0.2) is 30.6 Å². The summed E-state index contributed by atoms with van der Waals surface area (Å²) in [6.45, 7) is 3.62. The lowest BCUT2D eigenvalue weighted by Crippen LogP contribution is -2.31. The largest absolute Gasteiger partial charge is 0.348 e. The first-order valence-corrected chi connectivity index (χ1v) is 9.22. The molecule has 25 heavy (non-hydrogen) atoms. The van der Waals surface area contributed by atoms with E-state index in [4.69, 9.17) is 0 Å². The Kier molecular flexibility index (Phi) is 4.45. The quantitative estimate of drug-likeness (QED) is 0.652. The van der Waals surface area contributed by atoms with Gasteiger partial charge in [0.1, 0.15) is 0 Å². The summed E-state index contributed by atoms with van der Waals surface area (Å²) in [7, 11) is -3.88. The number of nitrogens with zero attached hydrogens (tertiary/aromatic N) is 1. The lowest BCUT2D eigenvalue weighted by molar-refractivity contribution is 0.0939. The Morgan fingerprint density at radius 3 is 2.60 bits per heavy atom. The van der Waals surface area contributed by atoms with Gasteiger partial charge in [-0.3, -0.25) is 14.6 Å². The highest BCUT2D eigenvalue weighted by molar-refractivity contribution is 7.93. The summed E-state index contributed by atoms with van der Waals surface area (Å²) in [6.07, 6.45) is 1.35. The topological polar surface area (TPSA) is 104 Å². The maximum Gasteiger partial charge on any atom is 0.274 e. The zero-order valence-corrected chi connectivity index (χ0v) is 14.6.